The first kappa shape index (κ1) is 19.8. The number of amides is 2. The molecule has 1 aromatic rings. The fourth-order valence-corrected chi connectivity index (χ4v) is 4.28. The van der Waals surface area contributed by atoms with Crippen molar-refractivity contribution in [2.24, 2.45) is 5.92 Å². The smallest absolute Gasteiger partial charge is 0.237 e. The van der Waals surface area contributed by atoms with Crippen LogP contribution in [0.1, 0.15) is 51.0 Å². The molecule has 2 amide bonds. The summed E-state index contributed by atoms with van der Waals surface area (Å²) >= 11 is 0. The topological polar surface area (TPSA) is 65.5 Å². The van der Waals surface area contributed by atoms with Gasteiger partial charge in [-0.05, 0) is 43.4 Å². The molecule has 6 nitrogen and oxygen atoms in total. The van der Waals surface area contributed by atoms with Crippen LogP contribution >= 0.6 is 0 Å². The maximum atomic E-state index is 12.9. The molecule has 1 unspecified atom stereocenters. The molecule has 1 aliphatic carbocycles. The van der Waals surface area contributed by atoms with E-state index in [1.165, 1.54) is 32.1 Å². The molecule has 27 heavy (non-hydrogen) atoms. The van der Waals surface area contributed by atoms with Gasteiger partial charge in [-0.2, -0.15) is 0 Å². The van der Waals surface area contributed by atoms with Gasteiger partial charge in [0, 0.05) is 45.1 Å². The monoisotopic (exact) mass is 372 g/mol. The minimum absolute atomic E-state index is 0.00498. The number of aromatic nitrogens is 1. The Hall–Kier alpha value is -1.95. The van der Waals surface area contributed by atoms with Crippen molar-refractivity contribution in [3.63, 3.8) is 0 Å². The average molecular weight is 373 g/mol. The SMILES string of the molecule is CCN(Cc1ccncc1)C(=O)CC1C(=O)NCCN1CC1CCCCC1. The summed E-state index contributed by atoms with van der Waals surface area (Å²) in [5.74, 6) is 0.719. The van der Waals surface area contributed by atoms with Gasteiger partial charge in [0.25, 0.3) is 0 Å². The Bertz CT molecular complexity index is 616. The third kappa shape index (κ3) is 5.51. The van der Waals surface area contributed by atoms with Gasteiger partial charge in [-0.3, -0.25) is 19.5 Å². The lowest BCUT2D eigenvalue weighted by molar-refractivity contribution is -0.139. The van der Waals surface area contributed by atoms with Gasteiger partial charge in [0.15, 0.2) is 0 Å². The lowest BCUT2D eigenvalue weighted by Gasteiger charge is -2.38. The lowest BCUT2D eigenvalue weighted by atomic mass is 9.88. The van der Waals surface area contributed by atoms with E-state index >= 15 is 0 Å². The molecule has 1 aromatic heterocycles. The van der Waals surface area contributed by atoms with Crippen molar-refractivity contribution in [3.8, 4) is 0 Å². The predicted molar refractivity (Wildman–Crippen MR) is 105 cm³/mol. The van der Waals surface area contributed by atoms with E-state index in [4.69, 9.17) is 0 Å². The summed E-state index contributed by atoms with van der Waals surface area (Å²) in [6, 6.07) is 3.52. The minimum Gasteiger partial charge on any atom is -0.353 e. The molecule has 0 bridgehead atoms. The minimum atomic E-state index is -0.334. The fourth-order valence-electron chi connectivity index (χ4n) is 4.28. The van der Waals surface area contributed by atoms with Crippen molar-refractivity contribution < 1.29 is 9.59 Å². The zero-order valence-electron chi connectivity index (χ0n) is 16.4. The quantitative estimate of drug-likeness (QED) is 0.797. The zero-order chi connectivity index (χ0) is 19.1. The molecular formula is C21H32N4O2. The van der Waals surface area contributed by atoms with E-state index < -0.39 is 0 Å². The summed E-state index contributed by atoms with van der Waals surface area (Å²) in [5, 5.41) is 2.95. The second-order valence-corrected chi connectivity index (χ2v) is 7.77. The summed E-state index contributed by atoms with van der Waals surface area (Å²) in [5.41, 5.74) is 1.06. The van der Waals surface area contributed by atoms with Crippen LogP contribution in [0.25, 0.3) is 0 Å². The molecule has 1 N–H and O–H groups in total. The van der Waals surface area contributed by atoms with E-state index in [2.05, 4.69) is 15.2 Å². The highest BCUT2D eigenvalue weighted by Crippen LogP contribution is 2.26. The Kier molecular flexibility index (Phi) is 7.21. The van der Waals surface area contributed by atoms with E-state index in [-0.39, 0.29) is 24.3 Å². The second-order valence-electron chi connectivity index (χ2n) is 7.77. The van der Waals surface area contributed by atoms with Gasteiger partial charge in [0.05, 0.1) is 12.5 Å². The van der Waals surface area contributed by atoms with Crippen molar-refractivity contribution in [3.05, 3.63) is 30.1 Å². The Labute approximate surface area is 162 Å². The molecule has 2 aliphatic rings. The van der Waals surface area contributed by atoms with Crippen LogP contribution in [-0.4, -0.2) is 58.8 Å². The second kappa shape index (κ2) is 9.83. The highest BCUT2D eigenvalue weighted by molar-refractivity contribution is 5.88. The Morgan fingerprint density at radius 3 is 2.70 bits per heavy atom. The van der Waals surface area contributed by atoms with Crippen LogP contribution < -0.4 is 5.32 Å². The molecule has 1 saturated heterocycles. The van der Waals surface area contributed by atoms with E-state index in [0.29, 0.717) is 25.6 Å². The average Bonchev–Trinajstić information content (AvgIpc) is 2.70. The summed E-state index contributed by atoms with van der Waals surface area (Å²) in [6.45, 7) is 5.66. The molecule has 0 radical (unpaired) electrons. The molecule has 148 valence electrons. The van der Waals surface area contributed by atoms with Crippen LogP contribution in [0, 0.1) is 5.92 Å². The number of carbonyl (C=O) groups is 2. The highest BCUT2D eigenvalue weighted by Gasteiger charge is 2.34. The number of rotatable bonds is 7. The number of nitrogens with one attached hydrogen (secondary N) is 1. The maximum Gasteiger partial charge on any atom is 0.237 e. The Balaban J connectivity index is 1.62. The summed E-state index contributed by atoms with van der Waals surface area (Å²) in [7, 11) is 0. The Morgan fingerprint density at radius 2 is 2.00 bits per heavy atom. The van der Waals surface area contributed by atoms with Gasteiger partial charge in [-0.1, -0.05) is 19.3 Å². The molecule has 1 saturated carbocycles. The van der Waals surface area contributed by atoms with Crippen molar-refractivity contribution in [2.45, 2.75) is 58.0 Å². The molecule has 0 spiro atoms. The number of hydrogen-bond donors (Lipinski definition) is 1. The molecule has 0 aromatic carbocycles. The molecule has 1 aliphatic heterocycles. The third-order valence-electron chi connectivity index (χ3n) is 5.88. The number of pyridine rings is 1. The van der Waals surface area contributed by atoms with Crippen LogP contribution in [0.2, 0.25) is 0 Å². The van der Waals surface area contributed by atoms with Crippen LogP contribution in [-0.2, 0) is 16.1 Å². The standard InChI is InChI=1S/C21H32N4O2/c1-2-24(15-18-8-10-22-11-9-18)20(26)14-19-21(27)23-12-13-25(19)16-17-6-4-3-5-7-17/h8-11,17,19H,2-7,12-16H2,1H3,(H,23,27). The van der Waals surface area contributed by atoms with Crippen molar-refractivity contribution in [1.82, 2.24) is 20.1 Å². The first-order valence-corrected chi connectivity index (χ1v) is 10.4. The molecular weight excluding hydrogens is 340 g/mol. The van der Waals surface area contributed by atoms with Gasteiger partial charge < -0.3 is 10.2 Å². The van der Waals surface area contributed by atoms with Crippen LogP contribution in [0.15, 0.2) is 24.5 Å². The molecule has 2 fully saturated rings. The van der Waals surface area contributed by atoms with Crippen molar-refractivity contribution in [1.29, 1.82) is 0 Å². The first-order valence-electron chi connectivity index (χ1n) is 10.4. The molecule has 6 heteroatoms. The summed E-state index contributed by atoms with van der Waals surface area (Å²) in [6.07, 6.45) is 10.2. The predicted octanol–water partition coefficient (Wildman–Crippen LogP) is 2.20. The lowest BCUT2D eigenvalue weighted by Crippen LogP contribution is -2.57. The van der Waals surface area contributed by atoms with Crippen LogP contribution in [0.3, 0.4) is 0 Å². The first-order chi connectivity index (χ1) is 13.2. The van der Waals surface area contributed by atoms with Gasteiger partial charge in [0.1, 0.15) is 0 Å². The molecule has 2 heterocycles. The van der Waals surface area contributed by atoms with Gasteiger partial charge in [0.2, 0.25) is 11.8 Å². The molecule has 3 rings (SSSR count). The number of nitrogens with zero attached hydrogens (tertiary/aromatic N) is 3. The Morgan fingerprint density at radius 1 is 1.26 bits per heavy atom. The molecule has 1 atom stereocenters. The summed E-state index contributed by atoms with van der Waals surface area (Å²) < 4.78 is 0. The number of hydrogen-bond acceptors (Lipinski definition) is 4. The van der Waals surface area contributed by atoms with Crippen molar-refractivity contribution >= 4 is 11.8 Å². The van der Waals surface area contributed by atoms with Crippen LogP contribution in [0.4, 0.5) is 0 Å². The normalized spacial score (nSPS) is 21.7. The van der Waals surface area contributed by atoms with E-state index in [1.807, 2.05) is 24.0 Å². The van der Waals surface area contributed by atoms with Gasteiger partial charge in [-0.15, -0.1) is 0 Å². The van der Waals surface area contributed by atoms with Crippen molar-refractivity contribution in [2.75, 3.05) is 26.2 Å². The van der Waals surface area contributed by atoms with E-state index in [9.17, 15) is 9.59 Å². The number of carbonyl (C=O) groups excluding carboxylic acids is 2. The summed E-state index contributed by atoms with van der Waals surface area (Å²) in [4.78, 5) is 33.6. The van der Waals surface area contributed by atoms with Gasteiger partial charge >= 0.3 is 0 Å². The van der Waals surface area contributed by atoms with Crippen LogP contribution in [0.5, 0.6) is 0 Å². The highest BCUT2D eigenvalue weighted by atomic mass is 16.2. The maximum absolute atomic E-state index is 12.9. The number of piperazine rings is 1. The fraction of sp³-hybridized carbons (Fsp3) is 0.667. The van der Waals surface area contributed by atoms with E-state index in [1.54, 1.807) is 12.4 Å². The third-order valence-corrected chi connectivity index (χ3v) is 5.88. The van der Waals surface area contributed by atoms with E-state index in [0.717, 1.165) is 18.7 Å². The van der Waals surface area contributed by atoms with Gasteiger partial charge in [-0.25, -0.2) is 0 Å². The largest absolute Gasteiger partial charge is 0.353 e. The zero-order valence-corrected chi connectivity index (χ0v) is 16.4.